The Morgan fingerprint density at radius 3 is 2.47 bits per heavy atom. The van der Waals surface area contributed by atoms with Crippen LogP contribution >= 0.6 is 0 Å². The average Bonchev–Trinajstić information content (AvgIpc) is 2.73. The van der Waals surface area contributed by atoms with E-state index < -0.39 is 48.6 Å². The van der Waals surface area contributed by atoms with Gasteiger partial charge in [-0.3, -0.25) is 19.6 Å². The van der Waals surface area contributed by atoms with E-state index in [1.807, 2.05) is 0 Å². The second-order valence-corrected chi connectivity index (χ2v) is 8.04. The normalized spacial score (nSPS) is 11.0. The third-order valence-corrected chi connectivity index (χ3v) is 5.58. The van der Waals surface area contributed by atoms with Gasteiger partial charge in [-0.1, -0.05) is 6.07 Å². The van der Waals surface area contributed by atoms with Crippen molar-refractivity contribution in [2.45, 2.75) is 4.90 Å². The van der Waals surface area contributed by atoms with E-state index in [1.165, 1.54) is 25.3 Å². The van der Waals surface area contributed by atoms with Gasteiger partial charge in [0.25, 0.3) is 21.6 Å². The number of amides is 1. The topological polar surface area (TPSA) is 128 Å². The van der Waals surface area contributed by atoms with Crippen molar-refractivity contribution in [1.29, 1.82) is 0 Å². The molecule has 0 heterocycles. The third-order valence-electron chi connectivity index (χ3n) is 4.21. The summed E-state index contributed by atoms with van der Waals surface area (Å²) in [6.07, 6.45) is 0. The summed E-state index contributed by atoms with van der Waals surface area (Å²) in [5, 5.41) is 13.3. The molecule has 166 valence electrons. The molecule has 9 nitrogen and oxygen atoms in total. The van der Waals surface area contributed by atoms with Gasteiger partial charge >= 0.3 is 0 Å². The Morgan fingerprint density at radius 1 is 1.06 bits per heavy atom. The molecule has 1 amide bonds. The Bertz CT molecular complexity index is 1310. The third kappa shape index (κ3) is 4.98. The smallest absolute Gasteiger partial charge is 0.271 e. The molecule has 32 heavy (non-hydrogen) atoms. The molecule has 0 atom stereocenters. The summed E-state index contributed by atoms with van der Waals surface area (Å²) in [7, 11) is -3.16. The quantitative estimate of drug-likeness (QED) is 0.404. The van der Waals surface area contributed by atoms with Gasteiger partial charge in [-0.25, -0.2) is 17.2 Å². The number of sulfonamides is 1. The Balaban J connectivity index is 1.93. The van der Waals surface area contributed by atoms with Gasteiger partial charge in [0.1, 0.15) is 17.4 Å². The summed E-state index contributed by atoms with van der Waals surface area (Å²) in [6, 6.07) is 10.6. The van der Waals surface area contributed by atoms with Crippen LogP contribution in [0.5, 0.6) is 5.75 Å². The fourth-order valence-corrected chi connectivity index (χ4v) is 3.79. The molecule has 0 aliphatic rings. The van der Waals surface area contributed by atoms with Gasteiger partial charge < -0.3 is 10.1 Å². The number of benzene rings is 3. The number of ether oxygens (including phenoxy) is 1. The van der Waals surface area contributed by atoms with Crippen LogP contribution in [0.25, 0.3) is 0 Å². The first-order valence-electron chi connectivity index (χ1n) is 8.82. The molecule has 0 aliphatic carbocycles. The second kappa shape index (κ2) is 8.98. The zero-order valence-electron chi connectivity index (χ0n) is 16.3. The van der Waals surface area contributed by atoms with E-state index in [2.05, 4.69) is 10.0 Å². The van der Waals surface area contributed by atoms with Gasteiger partial charge in [0.05, 0.1) is 28.2 Å². The van der Waals surface area contributed by atoms with E-state index in [4.69, 9.17) is 4.74 Å². The maximum absolute atomic E-state index is 14.2. The minimum absolute atomic E-state index is 0.00496. The molecule has 0 bridgehead atoms. The summed E-state index contributed by atoms with van der Waals surface area (Å²) in [5.41, 5.74) is -1.18. The van der Waals surface area contributed by atoms with E-state index >= 15 is 0 Å². The van der Waals surface area contributed by atoms with Gasteiger partial charge in [-0.05, 0) is 42.5 Å². The first kappa shape index (κ1) is 22.6. The lowest BCUT2D eigenvalue weighted by molar-refractivity contribution is -0.384. The maximum atomic E-state index is 14.2. The molecular formula is C20H15F2N3O6S. The number of carbonyl (C=O) groups is 1. The minimum atomic E-state index is -4.40. The summed E-state index contributed by atoms with van der Waals surface area (Å²) in [6.45, 7) is 0. The molecule has 0 radical (unpaired) electrons. The molecule has 12 heteroatoms. The molecule has 0 unspecified atom stereocenters. The molecule has 0 fully saturated rings. The number of methoxy groups -OCH3 is 1. The second-order valence-electron chi connectivity index (χ2n) is 6.35. The number of nitro groups is 1. The van der Waals surface area contributed by atoms with Crippen LogP contribution in [0.15, 0.2) is 65.6 Å². The highest BCUT2D eigenvalue weighted by atomic mass is 32.2. The first-order chi connectivity index (χ1) is 15.1. The standard InChI is InChI=1S/C20H15F2N3O6S/c1-31-19-8-5-14(25(27)28)10-18(19)24-32(29,30)15-6-7-17(22)16(11-15)20(26)23-13-4-2-3-12(21)9-13/h2-11,24H,1H3,(H,23,26). The van der Waals surface area contributed by atoms with Crippen molar-refractivity contribution in [3.8, 4) is 5.75 Å². The number of carbonyl (C=O) groups excluding carboxylic acids is 1. The molecule has 0 aromatic heterocycles. The van der Waals surface area contributed by atoms with Gasteiger partial charge in [-0.15, -0.1) is 0 Å². The lowest BCUT2D eigenvalue weighted by Gasteiger charge is -2.13. The molecule has 0 spiro atoms. The largest absolute Gasteiger partial charge is 0.495 e. The van der Waals surface area contributed by atoms with Crippen molar-refractivity contribution >= 4 is 33.0 Å². The number of non-ortho nitro benzene ring substituents is 1. The van der Waals surface area contributed by atoms with Crippen molar-refractivity contribution in [3.05, 3.63) is 88.0 Å². The van der Waals surface area contributed by atoms with E-state index in [0.29, 0.717) is 0 Å². The molecule has 3 aromatic carbocycles. The van der Waals surface area contributed by atoms with Crippen LogP contribution in [0.1, 0.15) is 10.4 Å². The van der Waals surface area contributed by atoms with Crippen LogP contribution in [0.2, 0.25) is 0 Å². The molecule has 0 aliphatic heterocycles. The maximum Gasteiger partial charge on any atom is 0.271 e. The van der Waals surface area contributed by atoms with E-state index in [1.54, 1.807) is 0 Å². The number of anilines is 2. The van der Waals surface area contributed by atoms with Crippen LogP contribution in [0.4, 0.5) is 25.8 Å². The van der Waals surface area contributed by atoms with Gasteiger partial charge in [0, 0.05) is 17.8 Å². The molecule has 0 saturated carbocycles. The highest BCUT2D eigenvalue weighted by molar-refractivity contribution is 7.92. The fraction of sp³-hybridized carbons (Fsp3) is 0.0500. The number of nitrogens with zero attached hydrogens (tertiary/aromatic N) is 1. The number of hydrogen-bond acceptors (Lipinski definition) is 6. The van der Waals surface area contributed by atoms with E-state index in [9.17, 15) is 32.1 Å². The highest BCUT2D eigenvalue weighted by Crippen LogP contribution is 2.31. The zero-order valence-corrected chi connectivity index (χ0v) is 17.2. The van der Waals surface area contributed by atoms with Crippen molar-refractivity contribution in [1.82, 2.24) is 0 Å². The average molecular weight is 463 g/mol. The fourth-order valence-electron chi connectivity index (χ4n) is 2.70. The lowest BCUT2D eigenvalue weighted by Crippen LogP contribution is -2.17. The Kier molecular flexibility index (Phi) is 6.35. The van der Waals surface area contributed by atoms with Crippen LogP contribution in [0.3, 0.4) is 0 Å². The summed E-state index contributed by atoms with van der Waals surface area (Å²) in [5.74, 6) is -2.64. The van der Waals surface area contributed by atoms with Crippen molar-refractivity contribution in [3.63, 3.8) is 0 Å². The number of hydrogen-bond donors (Lipinski definition) is 2. The molecular weight excluding hydrogens is 448 g/mol. The molecule has 0 saturated heterocycles. The summed E-state index contributed by atoms with van der Waals surface area (Å²) >= 11 is 0. The van der Waals surface area contributed by atoms with Gasteiger partial charge in [-0.2, -0.15) is 0 Å². The Hall–Kier alpha value is -4.06. The van der Waals surface area contributed by atoms with Crippen molar-refractivity contribution in [2.24, 2.45) is 0 Å². The number of rotatable bonds is 7. The number of nitrogens with one attached hydrogen (secondary N) is 2. The summed E-state index contributed by atoms with van der Waals surface area (Å²) < 4.78 is 60.3. The number of halogens is 2. The predicted octanol–water partition coefficient (Wildman–Crippen LogP) is 3.93. The van der Waals surface area contributed by atoms with Crippen LogP contribution in [-0.4, -0.2) is 26.4 Å². The van der Waals surface area contributed by atoms with Crippen LogP contribution < -0.4 is 14.8 Å². The van der Waals surface area contributed by atoms with Crippen LogP contribution in [-0.2, 0) is 10.0 Å². The monoisotopic (exact) mass is 463 g/mol. The van der Waals surface area contributed by atoms with Gasteiger partial charge in [0.2, 0.25) is 0 Å². The van der Waals surface area contributed by atoms with Crippen molar-refractivity contribution in [2.75, 3.05) is 17.1 Å². The predicted molar refractivity (Wildman–Crippen MR) is 111 cm³/mol. The lowest BCUT2D eigenvalue weighted by atomic mass is 10.2. The summed E-state index contributed by atoms with van der Waals surface area (Å²) in [4.78, 5) is 22.2. The van der Waals surface area contributed by atoms with Gasteiger partial charge in [0.15, 0.2) is 0 Å². The first-order valence-corrected chi connectivity index (χ1v) is 10.3. The molecule has 3 aromatic rings. The SMILES string of the molecule is COc1ccc([N+](=O)[O-])cc1NS(=O)(=O)c1ccc(F)c(C(=O)Nc2cccc(F)c2)c1. The highest BCUT2D eigenvalue weighted by Gasteiger charge is 2.22. The zero-order chi connectivity index (χ0) is 23.5. The number of nitro benzene ring substituents is 1. The Morgan fingerprint density at radius 2 is 1.81 bits per heavy atom. The molecule has 2 N–H and O–H groups in total. The van der Waals surface area contributed by atoms with Crippen LogP contribution in [0, 0.1) is 21.7 Å². The molecule has 3 rings (SSSR count). The van der Waals surface area contributed by atoms with E-state index in [0.717, 1.165) is 42.5 Å². The van der Waals surface area contributed by atoms with E-state index in [-0.39, 0.29) is 17.1 Å². The Labute approximate surface area is 180 Å². The van der Waals surface area contributed by atoms with Crippen molar-refractivity contribution < 1.29 is 31.7 Å². The minimum Gasteiger partial charge on any atom is -0.495 e.